The molecule has 0 saturated carbocycles. The van der Waals surface area contributed by atoms with Crippen LogP contribution in [0.25, 0.3) is 0 Å². The van der Waals surface area contributed by atoms with Crippen molar-refractivity contribution in [2.75, 3.05) is 5.33 Å². The topological polar surface area (TPSA) is 29.1 Å². The number of rotatable bonds is 6. The van der Waals surface area contributed by atoms with E-state index >= 15 is 0 Å². The van der Waals surface area contributed by atoms with Gasteiger partial charge in [-0.05, 0) is 25.3 Å². The van der Waals surface area contributed by atoms with Crippen LogP contribution in [0.2, 0.25) is 0 Å². The highest BCUT2D eigenvalue weighted by Gasteiger charge is 2.27. The zero-order valence-electron chi connectivity index (χ0n) is 11.4. The Hall–Kier alpha value is -0.830. The third-order valence-corrected chi connectivity index (χ3v) is 4.66. The minimum atomic E-state index is -0.167. The van der Waals surface area contributed by atoms with E-state index in [1.807, 2.05) is 30.3 Å². The minimum absolute atomic E-state index is 0.0591. The summed E-state index contributed by atoms with van der Waals surface area (Å²) in [7, 11) is 0. The predicted molar refractivity (Wildman–Crippen MR) is 80.1 cm³/mol. The van der Waals surface area contributed by atoms with E-state index < -0.39 is 0 Å². The molecule has 0 heterocycles. The molecule has 3 heteroatoms. The average Bonchev–Trinajstić information content (AvgIpc) is 2.40. The maximum absolute atomic E-state index is 12.4. The van der Waals surface area contributed by atoms with Gasteiger partial charge in [-0.25, -0.2) is 0 Å². The molecule has 1 N–H and O–H groups in total. The molecule has 0 aliphatic heterocycles. The molecule has 2 nitrogen and oxygen atoms in total. The van der Waals surface area contributed by atoms with Crippen LogP contribution >= 0.6 is 15.9 Å². The molecular weight excluding hydrogens is 290 g/mol. The summed E-state index contributed by atoms with van der Waals surface area (Å²) in [5.74, 6) is 0.0589. The van der Waals surface area contributed by atoms with E-state index in [4.69, 9.17) is 0 Å². The van der Waals surface area contributed by atoms with Crippen molar-refractivity contribution in [2.24, 2.45) is 0 Å². The van der Waals surface area contributed by atoms with Crippen molar-refractivity contribution in [3.63, 3.8) is 0 Å². The number of alkyl halides is 1. The van der Waals surface area contributed by atoms with E-state index in [9.17, 15) is 4.79 Å². The smallest absolute Gasteiger partial charge is 0.227 e. The number of halogens is 1. The van der Waals surface area contributed by atoms with Gasteiger partial charge < -0.3 is 5.32 Å². The number of benzene rings is 1. The SMILES string of the molecule is CCC(C(=O)NC(C)(CC)CBr)c1ccccc1. The van der Waals surface area contributed by atoms with Crippen LogP contribution in [0.15, 0.2) is 30.3 Å². The van der Waals surface area contributed by atoms with Crippen LogP contribution in [0.5, 0.6) is 0 Å². The minimum Gasteiger partial charge on any atom is -0.350 e. The van der Waals surface area contributed by atoms with E-state index in [1.165, 1.54) is 0 Å². The Bertz CT molecular complexity index is 373. The highest BCUT2D eigenvalue weighted by atomic mass is 79.9. The highest BCUT2D eigenvalue weighted by molar-refractivity contribution is 9.09. The Morgan fingerprint density at radius 3 is 2.39 bits per heavy atom. The number of carbonyl (C=O) groups is 1. The summed E-state index contributed by atoms with van der Waals surface area (Å²) in [5, 5.41) is 3.93. The first-order valence-corrected chi connectivity index (χ1v) is 7.61. The van der Waals surface area contributed by atoms with Crippen molar-refractivity contribution < 1.29 is 4.79 Å². The Morgan fingerprint density at radius 1 is 1.33 bits per heavy atom. The molecule has 18 heavy (non-hydrogen) atoms. The second kappa shape index (κ2) is 6.93. The zero-order chi connectivity index (χ0) is 13.6. The number of amides is 1. The molecule has 0 aliphatic rings. The first kappa shape index (κ1) is 15.2. The fourth-order valence-corrected chi connectivity index (χ4v) is 2.40. The second-order valence-corrected chi connectivity index (χ2v) is 5.47. The van der Waals surface area contributed by atoms with Gasteiger partial charge in [0.25, 0.3) is 0 Å². The Kier molecular flexibility index (Phi) is 5.86. The fourth-order valence-electron chi connectivity index (χ4n) is 1.86. The van der Waals surface area contributed by atoms with E-state index in [1.54, 1.807) is 0 Å². The number of hydrogen-bond acceptors (Lipinski definition) is 1. The van der Waals surface area contributed by atoms with Crippen molar-refractivity contribution in [1.29, 1.82) is 0 Å². The van der Waals surface area contributed by atoms with Crippen molar-refractivity contribution in [3.8, 4) is 0 Å². The van der Waals surface area contributed by atoms with Gasteiger partial charge >= 0.3 is 0 Å². The maximum atomic E-state index is 12.4. The van der Waals surface area contributed by atoms with Gasteiger partial charge in [0.15, 0.2) is 0 Å². The predicted octanol–water partition coefficient (Wildman–Crippen LogP) is 3.86. The van der Waals surface area contributed by atoms with Crippen LogP contribution in [-0.4, -0.2) is 16.8 Å². The monoisotopic (exact) mass is 311 g/mol. The van der Waals surface area contributed by atoms with Gasteiger partial charge in [0, 0.05) is 10.9 Å². The van der Waals surface area contributed by atoms with Crippen molar-refractivity contribution in [2.45, 2.75) is 45.1 Å². The van der Waals surface area contributed by atoms with E-state index in [2.05, 4.69) is 42.0 Å². The summed E-state index contributed by atoms with van der Waals surface area (Å²) in [6, 6.07) is 9.97. The first-order chi connectivity index (χ1) is 8.56. The van der Waals surface area contributed by atoms with Crippen LogP contribution in [0.4, 0.5) is 0 Å². The molecule has 2 unspecified atom stereocenters. The molecule has 2 atom stereocenters. The van der Waals surface area contributed by atoms with Crippen molar-refractivity contribution in [1.82, 2.24) is 5.32 Å². The summed E-state index contributed by atoms with van der Waals surface area (Å²) in [5.41, 5.74) is 0.921. The van der Waals surface area contributed by atoms with E-state index in [-0.39, 0.29) is 17.4 Å². The van der Waals surface area contributed by atoms with Crippen LogP contribution in [-0.2, 0) is 4.79 Å². The van der Waals surface area contributed by atoms with Crippen molar-refractivity contribution in [3.05, 3.63) is 35.9 Å². The normalized spacial score (nSPS) is 15.8. The summed E-state index contributed by atoms with van der Waals surface area (Å²) in [6.07, 6.45) is 1.73. The van der Waals surface area contributed by atoms with E-state index in [0.29, 0.717) is 0 Å². The van der Waals surface area contributed by atoms with Gasteiger partial charge in [-0.3, -0.25) is 4.79 Å². The van der Waals surface area contributed by atoms with Crippen LogP contribution in [0, 0.1) is 0 Å². The molecule has 0 fully saturated rings. The molecule has 1 aromatic rings. The Labute approximate surface area is 118 Å². The van der Waals surface area contributed by atoms with Crippen molar-refractivity contribution >= 4 is 21.8 Å². The van der Waals surface area contributed by atoms with Gasteiger partial charge in [-0.2, -0.15) is 0 Å². The molecular formula is C15H22BrNO. The van der Waals surface area contributed by atoms with Crippen LogP contribution in [0.3, 0.4) is 0 Å². The van der Waals surface area contributed by atoms with E-state index in [0.717, 1.165) is 23.7 Å². The standard InChI is InChI=1S/C15H22BrNO/c1-4-13(12-9-7-6-8-10-12)14(18)17-15(3,5-2)11-16/h6-10,13H,4-5,11H2,1-3H3,(H,17,18). The number of nitrogens with one attached hydrogen (secondary N) is 1. The second-order valence-electron chi connectivity index (χ2n) is 4.91. The Morgan fingerprint density at radius 2 is 1.94 bits per heavy atom. The largest absolute Gasteiger partial charge is 0.350 e. The van der Waals surface area contributed by atoms with Crippen LogP contribution < -0.4 is 5.32 Å². The van der Waals surface area contributed by atoms with Gasteiger partial charge in [0.05, 0.1) is 5.92 Å². The zero-order valence-corrected chi connectivity index (χ0v) is 13.0. The quantitative estimate of drug-likeness (QED) is 0.794. The molecule has 100 valence electrons. The maximum Gasteiger partial charge on any atom is 0.227 e. The van der Waals surface area contributed by atoms with Crippen LogP contribution in [0.1, 0.15) is 45.1 Å². The molecule has 1 rings (SSSR count). The lowest BCUT2D eigenvalue weighted by atomic mass is 9.93. The summed E-state index contributed by atoms with van der Waals surface area (Å²) < 4.78 is 0. The average molecular weight is 312 g/mol. The molecule has 0 bridgehead atoms. The number of carbonyl (C=O) groups excluding carboxylic acids is 1. The van der Waals surface area contributed by atoms with Gasteiger partial charge in [0.1, 0.15) is 0 Å². The molecule has 0 aliphatic carbocycles. The van der Waals surface area contributed by atoms with Gasteiger partial charge in [-0.15, -0.1) is 0 Å². The highest BCUT2D eigenvalue weighted by Crippen LogP contribution is 2.22. The first-order valence-electron chi connectivity index (χ1n) is 6.49. The lowest BCUT2D eigenvalue weighted by Gasteiger charge is -2.29. The lowest BCUT2D eigenvalue weighted by molar-refractivity contribution is -0.124. The molecule has 0 spiro atoms. The van der Waals surface area contributed by atoms with Gasteiger partial charge in [0.2, 0.25) is 5.91 Å². The lowest BCUT2D eigenvalue weighted by Crippen LogP contribution is -2.48. The molecule has 0 radical (unpaired) electrons. The summed E-state index contributed by atoms with van der Waals surface area (Å²) >= 11 is 3.47. The summed E-state index contributed by atoms with van der Waals surface area (Å²) in [6.45, 7) is 6.21. The molecule has 1 aromatic carbocycles. The molecule has 0 aromatic heterocycles. The third kappa shape index (κ3) is 3.84. The molecule has 0 saturated heterocycles. The number of hydrogen-bond donors (Lipinski definition) is 1. The van der Waals surface area contributed by atoms with Gasteiger partial charge in [-0.1, -0.05) is 60.1 Å². The summed E-state index contributed by atoms with van der Waals surface area (Å²) in [4.78, 5) is 12.4. The third-order valence-electron chi connectivity index (χ3n) is 3.43. The Balaban J connectivity index is 2.81. The molecule has 1 amide bonds. The fraction of sp³-hybridized carbons (Fsp3) is 0.533.